The van der Waals surface area contributed by atoms with E-state index in [9.17, 15) is 20.1 Å². The molecule has 0 atom stereocenters. The van der Waals surface area contributed by atoms with Gasteiger partial charge in [-0.15, -0.1) is 0 Å². The summed E-state index contributed by atoms with van der Waals surface area (Å²) in [7, 11) is 0. The molecule has 6 nitrogen and oxygen atoms in total. The summed E-state index contributed by atoms with van der Waals surface area (Å²) >= 11 is 0. The molecule has 21 heavy (non-hydrogen) atoms. The molecule has 6 heteroatoms. The summed E-state index contributed by atoms with van der Waals surface area (Å²) in [5.41, 5.74) is 5.72. The fourth-order valence-electron chi connectivity index (χ4n) is 1.67. The van der Waals surface area contributed by atoms with Crippen LogP contribution in [0, 0.1) is 0 Å². The van der Waals surface area contributed by atoms with Crippen LogP contribution in [0.15, 0.2) is 49.0 Å². The van der Waals surface area contributed by atoms with Crippen LogP contribution in [0.2, 0.25) is 0 Å². The van der Waals surface area contributed by atoms with Gasteiger partial charge in [0.05, 0.1) is 5.70 Å². The lowest BCUT2D eigenvalue weighted by molar-refractivity contribution is 0.0942. The van der Waals surface area contributed by atoms with Crippen molar-refractivity contribution < 1.29 is 20.1 Å². The highest BCUT2D eigenvalue weighted by Gasteiger charge is 2.14. The number of phenols is 3. The zero-order chi connectivity index (χ0) is 15.4. The second kappa shape index (κ2) is 5.87. The van der Waals surface area contributed by atoms with E-state index in [1.807, 2.05) is 0 Å². The van der Waals surface area contributed by atoms with Gasteiger partial charge in [0.15, 0.2) is 11.5 Å². The Kier molecular flexibility index (Phi) is 3.99. The summed E-state index contributed by atoms with van der Waals surface area (Å²) in [6, 6.07) is 11.1. The topological polar surface area (TPSA) is 102 Å². The summed E-state index contributed by atoms with van der Waals surface area (Å²) in [5.74, 6) is -2.00. The fraction of sp³-hybridized carbons (Fsp3) is 0. The molecule has 0 aromatic heterocycles. The Bertz CT molecular complexity index is 684. The maximum atomic E-state index is 11.8. The fourth-order valence-corrected chi connectivity index (χ4v) is 1.67. The van der Waals surface area contributed by atoms with Crippen molar-refractivity contribution in [2.45, 2.75) is 0 Å². The lowest BCUT2D eigenvalue weighted by Crippen LogP contribution is -2.35. The van der Waals surface area contributed by atoms with Gasteiger partial charge in [0.1, 0.15) is 0 Å². The van der Waals surface area contributed by atoms with E-state index in [2.05, 4.69) is 17.4 Å². The number of carbonyl (C=O) groups is 1. The second-order valence-corrected chi connectivity index (χ2v) is 4.25. The molecule has 0 saturated heterocycles. The van der Waals surface area contributed by atoms with E-state index in [4.69, 9.17) is 0 Å². The molecular formula is C15H14N2O4. The molecular weight excluding hydrogens is 272 g/mol. The minimum Gasteiger partial charge on any atom is -0.504 e. The van der Waals surface area contributed by atoms with Crippen molar-refractivity contribution in [1.29, 1.82) is 0 Å². The third-order valence-corrected chi connectivity index (χ3v) is 2.82. The van der Waals surface area contributed by atoms with Crippen molar-refractivity contribution in [3.8, 4) is 17.2 Å². The first kappa shape index (κ1) is 14.3. The highest BCUT2D eigenvalue weighted by molar-refractivity contribution is 5.94. The molecule has 0 saturated carbocycles. The van der Waals surface area contributed by atoms with Crippen LogP contribution in [-0.4, -0.2) is 21.2 Å². The van der Waals surface area contributed by atoms with E-state index in [1.54, 1.807) is 30.3 Å². The summed E-state index contributed by atoms with van der Waals surface area (Å²) in [5, 5.41) is 28.4. The van der Waals surface area contributed by atoms with Gasteiger partial charge < -0.3 is 15.3 Å². The van der Waals surface area contributed by atoms with E-state index >= 15 is 0 Å². The Balaban J connectivity index is 2.06. The van der Waals surface area contributed by atoms with Crippen molar-refractivity contribution in [3.63, 3.8) is 0 Å². The molecule has 2 aromatic rings. The van der Waals surface area contributed by atoms with Gasteiger partial charge in [0, 0.05) is 11.1 Å². The van der Waals surface area contributed by atoms with Gasteiger partial charge in [-0.1, -0.05) is 24.8 Å². The highest BCUT2D eigenvalue weighted by atomic mass is 16.3. The van der Waals surface area contributed by atoms with Crippen LogP contribution in [0.5, 0.6) is 17.2 Å². The number of rotatable bonds is 4. The smallest absolute Gasteiger partial charge is 0.269 e. The Morgan fingerprint density at radius 3 is 2.24 bits per heavy atom. The Hall–Kier alpha value is -3.15. The van der Waals surface area contributed by atoms with Crippen LogP contribution in [0.4, 0.5) is 0 Å². The predicted octanol–water partition coefficient (Wildman–Crippen LogP) is 1.71. The molecule has 0 aliphatic carbocycles. The molecule has 0 unspecified atom stereocenters. The van der Waals surface area contributed by atoms with Gasteiger partial charge in [0.2, 0.25) is 5.75 Å². The van der Waals surface area contributed by atoms with Crippen molar-refractivity contribution in [2.75, 3.05) is 0 Å². The lowest BCUT2D eigenvalue weighted by atomic mass is 10.1. The van der Waals surface area contributed by atoms with Gasteiger partial charge in [-0.2, -0.15) is 0 Å². The third kappa shape index (κ3) is 3.06. The minimum absolute atomic E-state index is 0.152. The second-order valence-electron chi connectivity index (χ2n) is 4.25. The molecule has 0 bridgehead atoms. The van der Waals surface area contributed by atoms with Crippen molar-refractivity contribution in [1.82, 2.24) is 10.9 Å². The Morgan fingerprint density at radius 2 is 1.57 bits per heavy atom. The summed E-state index contributed by atoms with van der Waals surface area (Å²) in [4.78, 5) is 11.8. The zero-order valence-corrected chi connectivity index (χ0v) is 11.0. The van der Waals surface area contributed by atoms with Crippen LogP contribution in [-0.2, 0) is 0 Å². The van der Waals surface area contributed by atoms with Gasteiger partial charge in [-0.25, -0.2) is 0 Å². The van der Waals surface area contributed by atoms with Crippen LogP contribution in [0.3, 0.4) is 0 Å². The molecule has 0 aliphatic rings. The summed E-state index contributed by atoms with van der Waals surface area (Å²) < 4.78 is 0. The van der Waals surface area contributed by atoms with Crippen LogP contribution in [0.25, 0.3) is 5.70 Å². The SMILES string of the molecule is C=C(NNC(=O)c1ccccc1)c1ccc(O)c(O)c1O. The number of hydrogen-bond donors (Lipinski definition) is 5. The number of benzene rings is 2. The van der Waals surface area contributed by atoms with Gasteiger partial charge in [-0.05, 0) is 24.3 Å². The lowest BCUT2D eigenvalue weighted by Gasteiger charge is -2.13. The molecule has 0 radical (unpaired) electrons. The molecule has 5 N–H and O–H groups in total. The largest absolute Gasteiger partial charge is 0.504 e. The molecule has 2 rings (SSSR count). The van der Waals surface area contributed by atoms with Crippen molar-refractivity contribution in [2.24, 2.45) is 0 Å². The summed E-state index contributed by atoms with van der Waals surface area (Å²) in [6.07, 6.45) is 0. The predicted molar refractivity (Wildman–Crippen MR) is 77.5 cm³/mol. The molecule has 108 valence electrons. The zero-order valence-electron chi connectivity index (χ0n) is 11.0. The van der Waals surface area contributed by atoms with E-state index in [-0.39, 0.29) is 17.2 Å². The Morgan fingerprint density at radius 1 is 0.905 bits per heavy atom. The van der Waals surface area contributed by atoms with E-state index in [0.717, 1.165) is 0 Å². The molecule has 0 aliphatic heterocycles. The summed E-state index contributed by atoms with van der Waals surface area (Å²) in [6.45, 7) is 3.64. The quantitative estimate of drug-likeness (QED) is 0.435. The van der Waals surface area contributed by atoms with Gasteiger partial charge in [-0.3, -0.25) is 15.6 Å². The first-order chi connectivity index (χ1) is 10.0. The molecule has 2 aromatic carbocycles. The average molecular weight is 286 g/mol. The number of aromatic hydroxyl groups is 3. The normalized spacial score (nSPS) is 9.90. The molecule has 0 spiro atoms. The highest BCUT2D eigenvalue weighted by Crippen LogP contribution is 2.38. The maximum Gasteiger partial charge on any atom is 0.269 e. The molecule has 1 amide bonds. The van der Waals surface area contributed by atoms with Gasteiger partial charge >= 0.3 is 0 Å². The van der Waals surface area contributed by atoms with E-state index in [0.29, 0.717) is 5.56 Å². The molecule has 0 heterocycles. The monoisotopic (exact) mass is 286 g/mol. The average Bonchev–Trinajstić information content (AvgIpc) is 2.51. The van der Waals surface area contributed by atoms with E-state index < -0.39 is 17.2 Å². The first-order valence-corrected chi connectivity index (χ1v) is 6.05. The van der Waals surface area contributed by atoms with Crippen LogP contribution in [0.1, 0.15) is 15.9 Å². The number of hydrazine groups is 1. The van der Waals surface area contributed by atoms with Crippen LogP contribution >= 0.6 is 0 Å². The van der Waals surface area contributed by atoms with Gasteiger partial charge in [0.25, 0.3) is 5.91 Å². The number of hydrogen-bond acceptors (Lipinski definition) is 5. The van der Waals surface area contributed by atoms with Crippen molar-refractivity contribution >= 4 is 11.6 Å². The number of phenolic OH excluding ortho intramolecular Hbond substituents is 3. The number of nitrogens with one attached hydrogen (secondary N) is 2. The first-order valence-electron chi connectivity index (χ1n) is 6.05. The number of carbonyl (C=O) groups excluding carboxylic acids is 1. The maximum absolute atomic E-state index is 11.8. The number of amides is 1. The Labute approximate surface area is 121 Å². The molecule has 0 fully saturated rings. The van der Waals surface area contributed by atoms with Crippen molar-refractivity contribution in [3.05, 3.63) is 60.2 Å². The minimum atomic E-state index is -0.648. The third-order valence-electron chi connectivity index (χ3n) is 2.82. The van der Waals surface area contributed by atoms with E-state index in [1.165, 1.54) is 12.1 Å². The van der Waals surface area contributed by atoms with Crippen LogP contribution < -0.4 is 10.9 Å². The standard InChI is InChI=1S/C15H14N2O4/c1-9(11-7-8-12(18)14(20)13(11)19)16-17-15(21)10-5-3-2-4-6-10/h2-8,16,18-20H,1H2,(H,17,21).